The highest BCUT2D eigenvalue weighted by Crippen LogP contribution is 2.46. The minimum Gasteiger partial charge on any atom is -0.464 e. The van der Waals surface area contributed by atoms with Gasteiger partial charge in [0.1, 0.15) is 24.2 Å². The van der Waals surface area contributed by atoms with E-state index in [9.17, 15) is 9.59 Å². The van der Waals surface area contributed by atoms with E-state index in [-0.39, 0.29) is 54.6 Å². The number of esters is 1. The van der Waals surface area contributed by atoms with Crippen molar-refractivity contribution in [2.45, 2.75) is 161 Å². The van der Waals surface area contributed by atoms with Crippen LogP contribution in [-0.4, -0.2) is 181 Å². The first-order valence-electron chi connectivity index (χ1n) is 29.2. The molecule has 0 radical (unpaired) electrons. The van der Waals surface area contributed by atoms with E-state index < -0.39 is 53.9 Å². The normalized spacial score (nSPS) is 26.6. The van der Waals surface area contributed by atoms with Crippen LogP contribution in [0, 0.1) is 16.7 Å². The predicted octanol–water partition coefficient (Wildman–Crippen LogP) is 7.73. The summed E-state index contributed by atoms with van der Waals surface area (Å²) in [5, 5.41) is 5.43. The number of aromatic nitrogens is 2. The van der Waals surface area contributed by atoms with Crippen LogP contribution in [0.15, 0.2) is 30.5 Å². The Morgan fingerprint density at radius 3 is 2.38 bits per heavy atom. The topological polar surface area (TPSA) is 157 Å². The minimum atomic E-state index is -4.56. The highest BCUT2D eigenvalue weighted by molar-refractivity contribution is 5.95. The molecule has 5 atom stereocenters. The van der Waals surface area contributed by atoms with E-state index in [4.69, 9.17) is 19.2 Å². The van der Waals surface area contributed by atoms with Gasteiger partial charge < -0.3 is 43.7 Å². The van der Waals surface area contributed by atoms with Crippen molar-refractivity contribution in [3.63, 3.8) is 0 Å². The number of nitrogens with zero attached hydrogens (tertiary/aromatic N) is 8. The Kier molecular flexibility index (Phi) is 16.4. The van der Waals surface area contributed by atoms with E-state index in [1.54, 1.807) is 11.0 Å². The number of piperazine rings is 1. The second kappa shape index (κ2) is 22.6. The summed E-state index contributed by atoms with van der Waals surface area (Å²) in [5.74, 6) is -1.14. The largest absolute Gasteiger partial charge is 0.464 e. The molecule has 434 valence electrons. The number of alkyl halides is 3. The van der Waals surface area contributed by atoms with Crippen LogP contribution in [0.4, 0.5) is 29.3 Å². The molecule has 10 rings (SSSR count). The van der Waals surface area contributed by atoms with Gasteiger partial charge in [0.2, 0.25) is 5.91 Å². The van der Waals surface area contributed by atoms with Crippen LogP contribution in [0.3, 0.4) is 0 Å². The Morgan fingerprint density at radius 2 is 1.66 bits per heavy atom. The molecule has 79 heavy (non-hydrogen) atoms. The lowest BCUT2D eigenvalue weighted by Gasteiger charge is -2.39. The van der Waals surface area contributed by atoms with Gasteiger partial charge >= 0.3 is 18.2 Å². The number of amides is 3. The summed E-state index contributed by atoms with van der Waals surface area (Å²) in [6.07, 6.45) is 3.27. The molecule has 1 spiro atoms. The molecule has 6 bridgehead atoms. The molecular formula is C59H85F3N10O7. The van der Waals surface area contributed by atoms with Gasteiger partial charge in [-0.25, -0.2) is 10.2 Å². The second-order valence-electron chi connectivity index (χ2n) is 26.2. The quantitative estimate of drug-likeness (QED) is 0.212. The summed E-state index contributed by atoms with van der Waals surface area (Å²) >= 11 is 0. The summed E-state index contributed by atoms with van der Waals surface area (Å²) in [7, 11) is 2.08. The maximum Gasteiger partial charge on any atom is 0.410 e. The fourth-order valence-corrected chi connectivity index (χ4v) is 13.7. The lowest BCUT2D eigenvalue weighted by molar-refractivity contribution is -0.156. The fourth-order valence-electron chi connectivity index (χ4n) is 13.7. The van der Waals surface area contributed by atoms with Crippen LogP contribution in [0.5, 0.6) is 0 Å². The second-order valence-corrected chi connectivity index (χ2v) is 26.2. The maximum atomic E-state index is 15.2. The Bertz CT molecular complexity index is 2730. The van der Waals surface area contributed by atoms with E-state index in [0.717, 1.165) is 81.6 Å². The molecule has 6 aliphatic heterocycles. The van der Waals surface area contributed by atoms with Crippen molar-refractivity contribution >= 4 is 46.2 Å². The van der Waals surface area contributed by atoms with Gasteiger partial charge in [-0.2, -0.15) is 13.2 Å². The Morgan fingerprint density at radius 1 is 0.911 bits per heavy atom. The number of carbonyl (C=O) groups excluding carboxylic acids is 4. The zero-order valence-corrected chi connectivity index (χ0v) is 47.9. The van der Waals surface area contributed by atoms with E-state index in [0.29, 0.717) is 93.1 Å². The first-order valence-corrected chi connectivity index (χ1v) is 29.2. The Hall–Kier alpha value is -5.18. The molecule has 1 saturated carbocycles. The molecule has 8 heterocycles. The van der Waals surface area contributed by atoms with Crippen molar-refractivity contribution in [1.82, 2.24) is 40.0 Å². The van der Waals surface area contributed by atoms with E-state index >= 15 is 22.8 Å². The van der Waals surface area contributed by atoms with Crippen LogP contribution in [-0.2, 0) is 41.6 Å². The number of benzene rings is 1. The molecule has 7 aliphatic rings. The van der Waals surface area contributed by atoms with E-state index in [1.165, 1.54) is 9.58 Å². The average Bonchev–Trinajstić information content (AvgIpc) is 4.38. The van der Waals surface area contributed by atoms with Gasteiger partial charge in [0.15, 0.2) is 0 Å². The third-order valence-electron chi connectivity index (χ3n) is 17.7. The summed E-state index contributed by atoms with van der Waals surface area (Å²) < 4.78 is 65.2. The molecule has 0 unspecified atom stereocenters. The summed E-state index contributed by atoms with van der Waals surface area (Å²) in [4.78, 5) is 73.5. The lowest BCUT2D eigenvalue weighted by atomic mass is 9.84. The predicted molar refractivity (Wildman–Crippen MR) is 297 cm³/mol. The first kappa shape index (κ1) is 57.1. The van der Waals surface area contributed by atoms with Crippen molar-refractivity contribution < 1.29 is 46.6 Å². The third-order valence-corrected chi connectivity index (χ3v) is 17.7. The average molecular weight is 1100 g/mol. The van der Waals surface area contributed by atoms with Gasteiger partial charge in [0, 0.05) is 105 Å². The van der Waals surface area contributed by atoms with Crippen molar-refractivity contribution in [2.24, 2.45) is 16.7 Å². The number of ether oxygens (including phenoxy) is 3. The lowest BCUT2D eigenvalue weighted by Crippen LogP contribution is -2.62. The highest BCUT2D eigenvalue weighted by Gasteiger charge is 2.50. The van der Waals surface area contributed by atoms with E-state index in [1.807, 2.05) is 72.9 Å². The summed E-state index contributed by atoms with van der Waals surface area (Å²) in [6.45, 7) is 19.5. The number of rotatable bonds is 8. The van der Waals surface area contributed by atoms with Gasteiger partial charge in [-0.3, -0.25) is 29.3 Å². The number of hydrogen-bond donors (Lipinski definition) is 2. The molecule has 6 fully saturated rings. The van der Waals surface area contributed by atoms with Crippen LogP contribution in [0.1, 0.15) is 123 Å². The number of anilines is 2. The molecule has 20 heteroatoms. The van der Waals surface area contributed by atoms with Gasteiger partial charge in [-0.1, -0.05) is 40.5 Å². The fraction of sp³-hybridized carbons (Fsp3) is 0.712. The van der Waals surface area contributed by atoms with Gasteiger partial charge in [0.25, 0.3) is 5.91 Å². The number of nitrogens with one attached hydrogen (secondary N) is 2. The summed E-state index contributed by atoms with van der Waals surface area (Å²) in [5.41, 5.74) is 6.26. The number of halogens is 3. The number of carbonyl (C=O) groups is 4. The zero-order valence-electron chi connectivity index (χ0n) is 47.9. The number of pyridine rings is 1. The molecule has 3 amide bonds. The number of likely N-dealkylation sites (N-methyl/N-ethyl adjacent to an activating group) is 1. The number of morpholine rings is 1. The number of cyclic esters (lactones) is 1. The van der Waals surface area contributed by atoms with Crippen LogP contribution >= 0.6 is 0 Å². The van der Waals surface area contributed by atoms with Gasteiger partial charge in [-0.05, 0) is 121 Å². The number of hydrazine groups is 1. The number of likely N-dealkylation sites (tertiary alicyclic amines) is 2. The zero-order chi connectivity index (χ0) is 56.2. The Labute approximate surface area is 464 Å². The van der Waals surface area contributed by atoms with Crippen molar-refractivity contribution in [1.29, 1.82) is 0 Å². The molecular weight excluding hydrogens is 1020 g/mol. The standard InChI is InChI=1S/C59H85F3N10O7/c1-38(2)49-44(29-41(32-63-49)67-24-22-66(8)23-25-67)51-45-31-57(6,7)37-78-54(75)46-14-11-19-72(65-46)53(74)47(30-42-33-68(26-27-77-42)40-15-16-48(43(45)28-40)71(51)36-59(60,61)62)64-52(73)50(39-12-9-10-13-39)69-20-17-58(34-69)18-21-70(35-58)55(76)79-56(3,4)5/h15-16,28-29,32,38-39,42,46-47,50,65H,9-14,17-27,30-31,33-37H2,1-8H3,(H,64,73)/t42-,46-,47-,50-,58-/m0/s1. The number of fused-ring (bicyclic) bond motifs is 6. The molecule has 2 N–H and O–H groups in total. The first-order chi connectivity index (χ1) is 37.4. The van der Waals surface area contributed by atoms with Gasteiger partial charge in [-0.15, -0.1) is 0 Å². The summed E-state index contributed by atoms with van der Waals surface area (Å²) in [6, 6.07) is 5.34. The van der Waals surface area contributed by atoms with Crippen molar-refractivity contribution in [2.75, 3.05) is 102 Å². The monoisotopic (exact) mass is 1100 g/mol. The molecule has 2 aromatic heterocycles. The third kappa shape index (κ3) is 12.8. The minimum absolute atomic E-state index is 0.0388. The molecule has 1 aliphatic carbocycles. The highest BCUT2D eigenvalue weighted by atomic mass is 19.4. The van der Waals surface area contributed by atoms with Crippen LogP contribution < -0.4 is 20.5 Å². The molecule has 17 nitrogen and oxygen atoms in total. The molecule has 5 saturated heterocycles. The van der Waals surface area contributed by atoms with Crippen LogP contribution in [0.25, 0.3) is 22.2 Å². The smallest absolute Gasteiger partial charge is 0.410 e. The number of hydrogen-bond acceptors (Lipinski definition) is 13. The molecule has 1 aromatic carbocycles. The van der Waals surface area contributed by atoms with Crippen molar-refractivity contribution in [3.8, 4) is 11.3 Å². The van der Waals surface area contributed by atoms with E-state index in [2.05, 4.69) is 37.4 Å². The SMILES string of the molecule is CC(C)c1ncc(N2CCN(C)CC2)cc1-c1c2c3cc(ccc3n1CC(F)(F)F)N1CCO[C@@H](C[C@H](NC(=O)[C@H](C3CCCC3)N3CC[C@]4(CCN(C(=O)OC(C)(C)C)C4)C3)C(=O)N3CCC[C@H](N3)C(=O)OCC(C)(C)C2)C1. The van der Waals surface area contributed by atoms with Crippen molar-refractivity contribution in [3.05, 3.63) is 41.7 Å². The van der Waals surface area contributed by atoms with Crippen LogP contribution in [0.2, 0.25) is 0 Å². The molecule has 3 aromatic rings. The Balaban J connectivity index is 1.00. The maximum absolute atomic E-state index is 15.2. The van der Waals surface area contributed by atoms with Gasteiger partial charge in [0.05, 0.1) is 48.6 Å².